The van der Waals surface area contributed by atoms with Gasteiger partial charge in [-0.2, -0.15) is 0 Å². The van der Waals surface area contributed by atoms with Crippen molar-refractivity contribution in [2.24, 2.45) is 0 Å². The number of carbonyl (C=O) groups excluding carboxylic acids is 2. The molecule has 1 atom stereocenters. The molecule has 0 saturated heterocycles. The number of carbonyl (C=O) groups is 2. The van der Waals surface area contributed by atoms with Crippen molar-refractivity contribution in [3.8, 4) is 0 Å². The molecule has 11 heteroatoms. The highest BCUT2D eigenvalue weighted by Gasteiger charge is 2.34. The predicted octanol–water partition coefficient (Wildman–Crippen LogP) is 3.92. The maximum Gasteiger partial charge on any atom is 0.271 e. The zero-order valence-electron chi connectivity index (χ0n) is 23.0. The molecule has 0 saturated carbocycles. The normalized spacial score (nSPS) is 12.3. The zero-order chi connectivity index (χ0) is 29.5. The van der Waals surface area contributed by atoms with E-state index in [1.54, 1.807) is 0 Å². The third-order valence-electron chi connectivity index (χ3n) is 5.97. The second-order valence-corrected chi connectivity index (χ2v) is 12.4. The van der Waals surface area contributed by atoms with Crippen LogP contribution in [0.2, 0.25) is 0 Å². The molecule has 3 aromatic carbocycles. The van der Waals surface area contributed by atoms with Crippen LogP contribution in [-0.2, 0) is 32.6 Å². The Labute approximate surface area is 234 Å². The van der Waals surface area contributed by atoms with Crippen molar-refractivity contribution in [1.82, 2.24) is 10.2 Å². The van der Waals surface area contributed by atoms with Crippen molar-refractivity contribution < 1.29 is 22.9 Å². The van der Waals surface area contributed by atoms with E-state index in [0.29, 0.717) is 0 Å². The first kappa shape index (κ1) is 30.3. The summed E-state index contributed by atoms with van der Waals surface area (Å²) < 4.78 is 26.5. The van der Waals surface area contributed by atoms with Crippen molar-refractivity contribution in [2.75, 3.05) is 17.1 Å². The standard InChI is InChI=1S/C29H34N4O6S/c1-29(2,3)30-28(35)26(18-22-12-7-5-8-13-22)31(20-23-14-9-6-10-15-23)27(34)21-32(40(4,38)39)24-16-11-17-25(19-24)33(36)37/h5-17,19,26H,18,20-21H2,1-4H3,(H,30,35)/t26-/m0/s1. The van der Waals surface area contributed by atoms with Gasteiger partial charge >= 0.3 is 0 Å². The maximum absolute atomic E-state index is 14.0. The molecule has 3 rings (SSSR count). The van der Waals surface area contributed by atoms with Crippen LogP contribution in [0.15, 0.2) is 84.9 Å². The molecular formula is C29H34N4O6S. The second kappa shape index (κ2) is 12.7. The van der Waals surface area contributed by atoms with Crippen molar-refractivity contribution in [3.05, 3.63) is 106 Å². The summed E-state index contributed by atoms with van der Waals surface area (Å²) in [5, 5.41) is 14.3. The number of benzene rings is 3. The van der Waals surface area contributed by atoms with E-state index in [-0.39, 0.29) is 30.2 Å². The molecule has 0 unspecified atom stereocenters. The van der Waals surface area contributed by atoms with Crippen LogP contribution in [0, 0.1) is 10.1 Å². The smallest absolute Gasteiger partial charge is 0.271 e. The molecule has 40 heavy (non-hydrogen) atoms. The van der Waals surface area contributed by atoms with Crippen LogP contribution in [0.4, 0.5) is 11.4 Å². The molecule has 0 bridgehead atoms. The Hall–Kier alpha value is -4.25. The summed E-state index contributed by atoms with van der Waals surface area (Å²) in [4.78, 5) is 39.7. The molecule has 0 aromatic heterocycles. The molecule has 3 aromatic rings. The van der Waals surface area contributed by atoms with Crippen LogP contribution in [0.3, 0.4) is 0 Å². The van der Waals surface area contributed by atoms with Gasteiger partial charge in [0, 0.05) is 30.6 Å². The van der Waals surface area contributed by atoms with Crippen LogP contribution in [0.5, 0.6) is 0 Å². The number of rotatable bonds is 11. The summed E-state index contributed by atoms with van der Waals surface area (Å²) in [7, 11) is -4.03. The molecule has 0 aliphatic carbocycles. The third-order valence-corrected chi connectivity index (χ3v) is 7.11. The van der Waals surface area contributed by atoms with Crippen molar-refractivity contribution in [1.29, 1.82) is 0 Å². The number of hydrogen-bond acceptors (Lipinski definition) is 6. The van der Waals surface area contributed by atoms with Gasteiger partial charge in [0.1, 0.15) is 12.6 Å². The van der Waals surface area contributed by atoms with Gasteiger partial charge in [0.05, 0.1) is 16.9 Å². The van der Waals surface area contributed by atoms with Gasteiger partial charge in [0.25, 0.3) is 5.69 Å². The first-order valence-corrected chi connectivity index (χ1v) is 14.5. The molecule has 0 heterocycles. The van der Waals surface area contributed by atoms with Crippen molar-refractivity contribution in [2.45, 2.75) is 45.3 Å². The maximum atomic E-state index is 14.0. The zero-order valence-corrected chi connectivity index (χ0v) is 23.8. The van der Waals surface area contributed by atoms with E-state index < -0.39 is 39.0 Å². The Morgan fingerprint density at radius 3 is 2.02 bits per heavy atom. The van der Waals surface area contributed by atoms with Crippen molar-refractivity contribution in [3.63, 3.8) is 0 Å². The highest BCUT2D eigenvalue weighted by Crippen LogP contribution is 2.24. The van der Waals surface area contributed by atoms with Crippen LogP contribution in [-0.4, -0.2) is 54.4 Å². The van der Waals surface area contributed by atoms with Gasteiger partial charge in [-0.25, -0.2) is 8.42 Å². The van der Waals surface area contributed by atoms with Gasteiger partial charge in [-0.05, 0) is 38.0 Å². The lowest BCUT2D eigenvalue weighted by molar-refractivity contribution is -0.384. The first-order valence-electron chi connectivity index (χ1n) is 12.7. The minimum Gasteiger partial charge on any atom is -0.350 e. The molecule has 212 valence electrons. The molecule has 10 nitrogen and oxygen atoms in total. The van der Waals surface area contributed by atoms with Crippen LogP contribution in [0.25, 0.3) is 0 Å². The molecule has 0 radical (unpaired) electrons. The van der Waals surface area contributed by atoms with Gasteiger partial charge < -0.3 is 10.2 Å². The molecule has 0 spiro atoms. The average molecular weight is 567 g/mol. The number of anilines is 1. The Balaban J connectivity index is 2.07. The summed E-state index contributed by atoms with van der Waals surface area (Å²) >= 11 is 0. The molecule has 1 N–H and O–H groups in total. The van der Waals surface area contributed by atoms with Gasteiger partial charge in [-0.3, -0.25) is 24.0 Å². The minimum absolute atomic E-state index is 0.0246. The number of nitrogens with zero attached hydrogens (tertiary/aromatic N) is 3. The van der Waals surface area contributed by atoms with Crippen LogP contribution < -0.4 is 9.62 Å². The average Bonchev–Trinajstić information content (AvgIpc) is 2.88. The van der Waals surface area contributed by atoms with E-state index in [0.717, 1.165) is 27.8 Å². The van der Waals surface area contributed by atoms with Gasteiger partial charge in [-0.1, -0.05) is 66.7 Å². The van der Waals surface area contributed by atoms with Crippen molar-refractivity contribution >= 4 is 33.2 Å². The van der Waals surface area contributed by atoms with E-state index >= 15 is 0 Å². The van der Waals surface area contributed by atoms with Gasteiger partial charge in [0.2, 0.25) is 21.8 Å². The number of sulfonamides is 1. The van der Waals surface area contributed by atoms with Crippen LogP contribution in [0.1, 0.15) is 31.9 Å². The van der Waals surface area contributed by atoms with E-state index in [1.165, 1.54) is 23.1 Å². The van der Waals surface area contributed by atoms with Gasteiger partial charge in [0.15, 0.2) is 0 Å². The molecule has 0 fully saturated rings. The summed E-state index contributed by atoms with van der Waals surface area (Å²) in [6, 6.07) is 22.4. The molecule has 2 amide bonds. The SMILES string of the molecule is CC(C)(C)NC(=O)[C@H](Cc1ccccc1)N(Cc1ccccc1)C(=O)CN(c1cccc([N+](=O)[O-])c1)S(C)(=O)=O. The summed E-state index contributed by atoms with van der Waals surface area (Å²) in [6.07, 6.45) is 1.12. The van der Waals surface area contributed by atoms with E-state index in [4.69, 9.17) is 0 Å². The summed E-state index contributed by atoms with van der Waals surface area (Å²) in [6.45, 7) is 4.90. The third kappa shape index (κ3) is 8.63. The fraction of sp³-hybridized carbons (Fsp3) is 0.310. The van der Waals surface area contributed by atoms with E-state index in [1.807, 2.05) is 81.4 Å². The fourth-order valence-corrected chi connectivity index (χ4v) is 5.00. The Bertz CT molecular complexity index is 1440. The minimum atomic E-state index is -4.03. The Morgan fingerprint density at radius 1 is 0.925 bits per heavy atom. The number of hydrogen-bond donors (Lipinski definition) is 1. The lowest BCUT2D eigenvalue weighted by Crippen LogP contribution is -2.56. The lowest BCUT2D eigenvalue weighted by Gasteiger charge is -2.35. The highest BCUT2D eigenvalue weighted by atomic mass is 32.2. The monoisotopic (exact) mass is 566 g/mol. The fourth-order valence-electron chi connectivity index (χ4n) is 4.16. The highest BCUT2D eigenvalue weighted by molar-refractivity contribution is 7.92. The Kier molecular flexibility index (Phi) is 9.65. The van der Waals surface area contributed by atoms with E-state index in [2.05, 4.69) is 5.32 Å². The molecule has 0 aliphatic rings. The molecule has 0 aliphatic heterocycles. The van der Waals surface area contributed by atoms with Crippen LogP contribution >= 0.6 is 0 Å². The predicted molar refractivity (Wildman–Crippen MR) is 154 cm³/mol. The number of amides is 2. The number of nitro benzene ring substituents is 1. The number of nitro groups is 1. The number of non-ortho nitro benzene ring substituents is 1. The number of nitrogens with one attached hydrogen (secondary N) is 1. The Morgan fingerprint density at radius 2 is 1.50 bits per heavy atom. The lowest BCUT2D eigenvalue weighted by atomic mass is 10.0. The quantitative estimate of drug-likeness (QED) is 0.277. The molecular weight excluding hydrogens is 532 g/mol. The largest absolute Gasteiger partial charge is 0.350 e. The summed E-state index contributed by atoms with van der Waals surface area (Å²) in [5.41, 5.74) is 0.643. The first-order chi connectivity index (χ1) is 18.7. The second-order valence-electron chi connectivity index (χ2n) is 10.5. The van der Waals surface area contributed by atoms with Gasteiger partial charge in [-0.15, -0.1) is 0 Å². The topological polar surface area (TPSA) is 130 Å². The summed E-state index contributed by atoms with van der Waals surface area (Å²) in [5.74, 6) is -1.02. The van der Waals surface area contributed by atoms with E-state index in [9.17, 15) is 28.1 Å².